The Bertz CT molecular complexity index is 966. The van der Waals surface area contributed by atoms with Crippen LogP contribution >= 0.6 is 11.8 Å². The molecule has 5 nitrogen and oxygen atoms in total. The first-order valence-electron chi connectivity index (χ1n) is 11.0. The van der Waals surface area contributed by atoms with Gasteiger partial charge in [-0.25, -0.2) is 4.98 Å². The molecule has 0 radical (unpaired) electrons. The standard InChI is InChI=1S/C24H29N5S/c1-2-6-19(7-3-1)18-28-12-10-20(11-13-28)25-23-21-8-4-5-9-22(21)26-24(27-23)29-14-16-30-17-15-29/h1-9,20H,10-18H2,(H,25,26,27). The molecule has 0 unspecified atom stereocenters. The maximum absolute atomic E-state index is 4.99. The summed E-state index contributed by atoms with van der Waals surface area (Å²) in [6, 6.07) is 19.6. The monoisotopic (exact) mass is 419 g/mol. The molecule has 2 aliphatic heterocycles. The van der Waals surface area contributed by atoms with Gasteiger partial charge in [-0.1, -0.05) is 42.5 Å². The second-order valence-electron chi connectivity index (χ2n) is 8.17. The van der Waals surface area contributed by atoms with E-state index in [0.29, 0.717) is 6.04 Å². The van der Waals surface area contributed by atoms with E-state index in [-0.39, 0.29) is 0 Å². The minimum Gasteiger partial charge on any atom is -0.367 e. The molecule has 0 saturated carbocycles. The number of rotatable bonds is 5. The lowest BCUT2D eigenvalue weighted by Crippen LogP contribution is -2.39. The summed E-state index contributed by atoms with van der Waals surface area (Å²) >= 11 is 2.01. The van der Waals surface area contributed by atoms with Crippen molar-refractivity contribution in [3.05, 3.63) is 60.2 Å². The van der Waals surface area contributed by atoms with Crippen molar-refractivity contribution < 1.29 is 0 Å². The van der Waals surface area contributed by atoms with Gasteiger partial charge < -0.3 is 10.2 Å². The highest BCUT2D eigenvalue weighted by atomic mass is 32.2. The molecule has 1 N–H and O–H groups in total. The van der Waals surface area contributed by atoms with E-state index in [1.54, 1.807) is 0 Å². The van der Waals surface area contributed by atoms with Gasteiger partial charge in [0.2, 0.25) is 5.95 Å². The van der Waals surface area contributed by atoms with Gasteiger partial charge in [0.1, 0.15) is 5.82 Å². The van der Waals surface area contributed by atoms with Crippen molar-refractivity contribution in [2.75, 3.05) is 47.9 Å². The number of thioether (sulfide) groups is 1. The zero-order valence-electron chi connectivity index (χ0n) is 17.3. The molecule has 3 aromatic rings. The summed E-state index contributed by atoms with van der Waals surface area (Å²) in [5, 5.41) is 4.90. The van der Waals surface area contributed by atoms with E-state index in [1.807, 2.05) is 11.8 Å². The lowest BCUT2D eigenvalue weighted by molar-refractivity contribution is 0.211. The van der Waals surface area contributed by atoms with E-state index >= 15 is 0 Å². The minimum absolute atomic E-state index is 0.458. The van der Waals surface area contributed by atoms with Crippen LogP contribution < -0.4 is 10.2 Å². The third kappa shape index (κ3) is 4.55. The van der Waals surface area contributed by atoms with Crippen LogP contribution in [0.15, 0.2) is 54.6 Å². The van der Waals surface area contributed by atoms with Gasteiger partial charge in [-0.3, -0.25) is 4.90 Å². The number of aromatic nitrogens is 2. The molecule has 0 bridgehead atoms. The molecule has 2 aromatic carbocycles. The van der Waals surface area contributed by atoms with Crippen molar-refractivity contribution in [2.45, 2.75) is 25.4 Å². The van der Waals surface area contributed by atoms with E-state index in [0.717, 1.165) is 79.7 Å². The largest absolute Gasteiger partial charge is 0.367 e. The van der Waals surface area contributed by atoms with Gasteiger partial charge in [-0.05, 0) is 30.5 Å². The van der Waals surface area contributed by atoms with Gasteiger partial charge in [0.15, 0.2) is 0 Å². The molecule has 0 aliphatic carbocycles. The van der Waals surface area contributed by atoms with Crippen molar-refractivity contribution in [2.24, 2.45) is 0 Å². The zero-order chi connectivity index (χ0) is 20.2. The maximum Gasteiger partial charge on any atom is 0.227 e. The summed E-state index contributed by atoms with van der Waals surface area (Å²) in [6.45, 7) is 5.33. The van der Waals surface area contributed by atoms with Crippen LogP contribution in [-0.2, 0) is 6.54 Å². The Kier molecular flexibility index (Phi) is 6.04. The zero-order valence-corrected chi connectivity index (χ0v) is 18.2. The molecule has 2 fully saturated rings. The number of anilines is 2. The summed E-state index contributed by atoms with van der Waals surface area (Å²) in [6.07, 6.45) is 2.28. The van der Waals surface area contributed by atoms with Gasteiger partial charge in [-0.2, -0.15) is 16.7 Å². The summed E-state index contributed by atoms with van der Waals surface area (Å²) in [4.78, 5) is 14.7. The lowest BCUT2D eigenvalue weighted by Gasteiger charge is -2.33. The fraction of sp³-hybridized carbons (Fsp3) is 0.417. The lowest BCUT2D eigenvalue weighted by atomic mass is 10.0. The normalized spacial score (nSPS) is 18.6. The number of benzene rings is 2. The number of likely N-dealkylation sites (tertiary alicyclic amines) is 1. The molecule has 3 heterocycles. The van der Waals surface area contributed by atoms with Crippen LogP contribution in [0.1, 0.15) is 18.4 Å². The van der Waals surface area contributed by atoms with Crippen LogP contribution in [0, 0.1) is 0 Å². The number of nitrogens with zero attached hydrogens (tertiary/aromatic N) is 4. The molecule has 0 amide bonds. The van der Waals surface area contributed by atoms with E-state index < -0.39 is 0 Å². The highest BCUT2D eigenvalue weighted by molar-refractivity contribution is 7.99. The summed E-state index contributed by atoms with van der Waals surface area (Å²) in [5.74, 6) is 4.17. The van der Waals surface area contributed by atoms with E-state index in [9.17, 15) is 0 Å². The van der Waals surface area contributed by atoms with Crippen molar-refractivity contribution in [1.82, 2.24) is 14.9 Å². The van der Waals surface area contributed by atoms with Gasteiger partial charge >= 0.3 is 0 Å². The average molecular weight is 420 g/mol. The van der Waals surface area contributed by atoms with Crippen molar-refractivity contribution >= 4 is 34.4 Å². The molecular weight excluding hydrogens is 390 g/mol. The first-order valence-corrected chi connectivity index (χ1v) is 12.1. The Labute approximate surface area is 182 Å². The van der Waals surface area contributed by atoms with E-state index in [1.165, 1.54) is 5.56 Å². The van der Waals surface area contributed by atoms with Crippen LogP contribution in [0.25, 0.3) is 10.9 Å². The Morgan fingerprint density at radius 3 is 2.40 bits per heavy atom. The smallest absolute Gasteiger partial charge is 0.227 e. The number of para-hydroxylation sites is 1. The molecule has 2 aliphatic rings. The van der Waals surface area contributed by atoms with Gasteiger partial charge in [0.05, 0.1) is 5.52 Å². The molecule has 156 valence electrons. The highest BCUT2D eigenvalue weighted by Crippen LogP contribution is 2.27. The average Bonchev–Trinajstić information content (AvgIpc) is 2.81. The first kappa shape index (κ1) is 19.6. The van der Waals surface area contributed by atoms with Crippen LogP contribution in [0.2, 0.25) is 0 Å². The quantitative estimate of drug-likeness (QED) is 0.667. The molecule has 6 heteroatoms. The summed E-state index contributed by atoms with van der Waals surface area (Å²) < 4.78 is 0. The van der Waals surface area contributed by atoms with Crippen molar-refractivity contribution in [3.8, 4) is 0 Å². The third-order valence-corrected chi connectivity index (χ3v) is 7.01. The highest BCUT2D eigenvalue weighted by Gasteiger charge is 2.22. The molecule has 0 spiro atoms. The Morgan fingerprint density at radius 2 is 1.60 bits per heavy atom. The molecule has 30 heavy (non-hydrogen) atoms. The molecule has 5 rings (SSSR count). The van der Waals surface area contributed by atoms with E-state index in [2.05, 4.69) is 69.7 Å². The number of hydrogen-bond donors (Lipinski definition) is 1. The molecule has 1 aromatic heterocycles. The predicted octanol–water partition coefficient (Wildman–Crippen LogP) is 4.26. The number of nitrogens with one attached hydrogen (secondary N) is 1. The van der Waals surface area contributed by atoms with E-state index in [4.69, 9.17) is 9.97 Å². The van der Waals surface area contributed by atoms with Crippen LogP contribution in [-0.4, -0.2) is 58.6 Å². The van der Waals surface area contributed by atoms with Crippen molar-refractivity contribution in [1.29, 1.82) is 0 Å². The van der Waals surface area contributed by atoms with Crippen LogP contribution in [0.5, 0.6) is 0 Å². The van der Waals surface area contributed by atoms with Crippen LogP contribution in [0.3, 0.4) is 0 Å². The van der Waals surface area contributed by atoms with Crippen LogP contribution in [0.4, 0.5) is 11.8 Å². The molecule has 0 atom stereocenters. The van der Waals surface area contributed by atoms with Crippen molar-refractivity contribution in [3.63, 3.8) is 0 Å². The molecule has 2 saturated heterocycles. The second-order valence-corrected chi connectivity index (χ2v) is 9.39. The number of piperidine rings is 1. The second kappa shape index (κ2) is 9.23. The fourth-order valence-corrected chi connectivity index (χ4v) is 5.25. The summed E-state index contributed by atoms with van der Waals surface area (Å²) in [5.41, 5.74) is 2.43. The topological polar surface area (TPSA) is 44.3 Å². The Balaban J connectivity index is 1.29. The predicted molar refractivity (Wildman–Crippen MR) is 127 cm³/mol. The maximum atomic E-state index is 4.99. The summed E-state index contributed by atoms with van der Waals surface area (Å²) in [7, 11) is 0. The Hall–Kier alpha value is -2.31. The molecular formula is C24H29N5S. The van der Waals surface area contributed by atoms with Gasteiger partial charge in [-0.15, -0.1) is 0 Å². The third-order valence-electron chi connectivity index (χ3n) is 6.06. The SMILES string of the molecule is c1ccc(CN2CCC(Nc3nc(N4CCSCC4)nc4ccccc34)CC2)cc1. The minimum atomic E-state index is 0.458. The van der Waals surface area contributed by atoms with Gasteiger partial charge in [0, 0.05) is 55.7 Å². The first-order chi connectivity index (χ1) is 14.8. The van der Waals surface area contributed by atoms with Gasteiger partial charge in [0.25, 0.3) is 0 Å². The number of hydrogen-bond acceptors (Lipinski definition) is 6. The number of fused-ring (bicyclic) bond motifs is 1. The fourth-order valence-electron chi connectivity index (χ4n) is 4.35. The Morgan fingerprint density at radius 1 is 0.867 bits per heavy atom.